The normalized spacial score (nSPS) is 22.3. The molecule has 3 aliphatic heterocycles. The zero-order chi connectivity index (χ0) is 24.5. The molecule has 2 N–H and O–H groups in total. The summed E-state index contributed by atoms with van der Waals surface area (Å²) in [4.78, 5) is 28.5. The number of rotatable bonds is 5. The number of likely N-dealkylation sites (N-methyl/N-ethyl adjacent to an activating group) is 2. The lowest BCUT2D eigenvalue weighted by Crippen LogP contribution is -2.49. The number of para-hydroxylation sites is 1. The predicted molar refractivity (Wildman–Crippen MR) is 139 cm³/mol. The molecule has 2 aromatic rings. The summed E-state index contributed by atoms with van der Waals surface area (Å²) in [6.07, 6.45) is 2.57. The number of carbonyl (C=O) groups excluding carboxylic acids is 1. The van der Waals surface area contributed by atoms with Gasteiger partial charge < -0.3 is 29.9 Å². The average Bonchev–Trinajstić information content (AvgIpc) is 2.95. The smallest absolute Gasteiger partial charge is 0.256 e. The number of fused-ring (bicyclic) bond motifs is 2. The van der Waals surface area contributed by atoms with Crippen molar-refractivity contribution in [3.05, 3.63) is 48.0 Å². The fraction of sp³-hybridized carbons (Fsp3) is 0.423. The highest BCUT2D eigenvalue weighted by atomic mass is 16.5. The summed E-state index contributed by atoms with van der Waals surface area (Å²) in [7, 11) is 3.72. The van der Waals surface area contributed by atoms with Crippen LogP contribution in [-0.4, -0.2) is 80.2 Å². The molecule has 3 heterocycles. The summed E-state index contributed by atoms with van der Waals surface area (Å²) >= 11 is 0. The highest BCUT2D eigenvalue weighted by molar-refractivity contribution is 6.18. The number of aliphatic hydroxyl groups is 1. The van der Waals surface area contributed by atoms with Crippen LogP contribution in [0.3, 0.4) is 0 Å². The van der Waals surface area contributed by atoms with Crippen molar-refractivity contribution < 1.29 is 14.6 Å². The Labute approximate surface area is 205 Å². The molecule has 9 heteroatoms. The summed E-state index contributed by atoms with van der Waals surface area (Å²) in [6, 6.07) is 13.3. The van der Waals surface area contributed by atoms with E-state index in [0.717, 1.165) is 54.6 Å². The first-order valence-electron chi connectivity index (χ1n) is 12.1. The van der Waals surface area contributed by atoms with E-state index in [1.807, 2.05) is 55.3 Å². The Kier molecular flexibility index (Phi) is 6.34. The van der Waals surface area contributed by atoms with E-state index >= 15 is 0 Å². The number of piperidine rings is 1. The maximum atomic E-state index is 13.0. The van der Waals surface area contributed by atoms with Crippen molar-refractivity contribution in [2.75, 3.05) is 48.9 Å². The maximum absolute atomic E-state index is 13.0. The number of aliphatic imine (C=N–C) groups is 2. The third-order valence-corrected chi connectivity index (χ3v) is 6.84. The van der Waals surface area contributed by atoms with Crippen LogP contribution in [0.15, 0.2) is 52.4 Å². The van der Waals surface area contributed by atoms with Gasteiger partial charge in [0.2, 0.25) is 6.29 Å². The quantitative estimate of drug-likeness (QED) is 0.690. The van der Waals surface area contributed by atoms with E-state index in [1.54, 1.807) is 18.2 Å². The Balaban J connectivity index is 1.41. The maximum Gasteiger partial charge on any atom is 0.256 e. The van der Waals surface area contributed by atoms with Crippen LogP contribution in [0.25, 0.3) is 0 Å². The van der Waals surface area contributed by atoms with Crippen LogP contribution < -0.4 is 19.9 Å². The van der Waals surface area contributed by atoms with E-state index in [2.05, 4.69) is 21.3 Å². The zero-order valence-electron chi connectivity index (χ0n) is 20.4. The lowest BCUT2D eigenvalue weighted by Gasteiger charge is -2.32. The van der Waals surface area contributed by atoms with Crippen LogP contribution in [0.5, 0.6) is 5.75 Å². The van der Waals surface area contributed by atoms with E-state index in [4.69, 9.17) is 9.73 Å². The zero-order valence-corrected chi connectivity index (χ0v) is 20.4. The summed E-state index contributed by atoms with van der Waals surface area (Å²) in [5, 5.41) is 13.2. The third kappa shape index (κ3) is 4.43. The molecule has 1 amide bonds. The fourth-order valence-corrected chi connectivity index (χ4v) is 4.84. The van der Waals surface area contributed by atoms with Gasteiger partial charge in [0.05, 0.1) is 29.6 Å². The molecule has 0 saturated carbocycles. The molecule has 184 valence electrons. The molecular weight excluding hydrogens is 444 g/mol. The van der Waals surface area contributed by atoms with Crippen LogP contribution in [0, 0.1) is 0 Å². The fourth-order valence-electron chi connectivity index (χ4n) is 4.84. The molecule has 0 radical (unpaired) electrons. The van der Waals surface area contributed by atoms with Gasteiger partial charge in [-0.25, -0.2) is 9.98 Å². The summed E-state index contributed by atoms with van der Waals surface area (Å²) in [5.41, 5.74) is 3.35. The Morgan fingerprint density at radius 1 is 1.14 bits per heavy atom. The van der Waals surface area contributed by atoms with E-state index < -0.39 is 6.29 Å². The van der Waals surface area contributed by atoms with Gasteiger partial charge in [-0.1, -0.05) is 12.1 Å². The first kappa shape index (κ1) is 23.2. The minimum Gasteiger partial charge on any atom is -0.492 e. The van der Waals surface area contributed by atoms with Gasteiger partial charge >= 0.3 is 0 Å². The van der Waals surface area contributed by atoms with Gasteiger partial charge in [0.25, 0.3) is 5.91 Å². The van der Waals surface area contributed by atoms with E-state index in [1.165, 1.54) is 0 Å². The molecule has 0 bridgehead atoms. The Morgan fingerprint density at radius 2 is 1.91 bits per heavy atom. The van der Waals surface area contributed by atoms with Crippen LogP contribution in [0.2, 0.25) is 0 Å². The number of hydrogen-bond acceptors (Lipinski definition) is 8. The molecule has 9 nitrogen and oxygen atoms in total. The predicted octanol–water partition coefficient (Wildman–Crippen LogP) is 2.82. The van der Waals surface area contributed by atoms with Crippen LogP contribution >= 0.6 is 0 Å². The molecule has 3 aliphatic rings. The minimum atomic E-state index is -0.548. The third-order valence-electron chi connectivity index (χ3n) is 6.84. The highest BCUT2D eigenvalue weighted by Gasteiger charge is 2.36. The number of nitrogens with one attached hydrogen (secondary N) is 1. The largest absolute Gasteiger partial charge is 0.492 e. The molecule has 5 rings (SSSR count). The number of benzene rings is 2. The first-order valence-corrected chi connectivity index (χ1v) is 12.1. The number of carbonyl (C=O) groups is 1. The van der Waals surface area contributed by atoms with Gasteiger partial charge in [-0.3, -0.25) is 4.79 Å². The molecule has 2 aromatic carbocycles. The molecule has 0 spiro atoms. The second-order valence-corrected chi connectivity index (χ2v) is 9.07. The molecule has 0 aliphatic carbocycles. The summed E-state index contributed by atoms with van der Waals surface area (Å²) < 4.78 is 5.95. The number of nitrogens with zero attached hydrogens (tertiary/aromatic N) is 5. The molecule has 2 atom stereocenters. The van der Waals surface area contributed by atoms with Crippen LogP contribution in [0.1, 0.15) is 30.1 Å². The molecule has 2 unspecified atom stereocenters. The van der Waals surface area contributed by atoms with Gasteiger partial charge in [0.15, 0.2) is 0 Å². The summed E-state index contributed by atoms with van der Waals surface area (Å²) in [5.74, 6) is 1.43. The second kappa shape index (κ2) is 9.58. The van der Waals surface area contributed by atoms with Gasteiger partial charge in [0, 0.05) is 45.2 Å². The van der Waals surface area contributed by atoms with Crippen molar-refractivity contribution in [2.24, 2.45) is 9.98 Å². The number of anilines is 3. The van der Waals surface area contributed by atoms with Gasteiger partial charge in [-0.2, -0.15) is 0 Å². The van der Waals surface area contributed by atoms with Crippen molar-refractivity contribution in [2.45, 2.75) is 38.2 Å². The Bertz CT molecular complexity index is 1160. The lowest BCUT2D eigenvalue weighted by atomic mass is 10.1. The van der Waals surface area contributed by atoms with Crippen LogP contribution in [0.4, 0.5) is 17.1 Å². The van der Waals surface area contributed by atoms with E-state index in [-0.39, 0.29) is 18.1 Å². The molecule has 1 fully saturated rings. The second-order valence-electron chi connectivity index (χ2n) is 9.07. The standard InChI is InChI=1S/C26H32N6O3/c1-4-35-23-15-17(32-13-11-18(33)12-14-32)9-10-20(23)28-26-27-16-22-24(29-26)30(2)21-8-6-5-7-19(21)25(34)31(22)3/h5-10,15-16,18,22,26,28,33H,4,11-14H2,1-3H3. The monoisotopic (exact) mass is 476 g/mol. The number of hydrogen-bond donors (Lipinski definition) is 2. The SMILES string of the molecule is CCOc1cc(N2CCC(O)CC2)ccc1NC1N=CC2C(=N1)N(C)c1ccccc1C(=O)N2C. The Hall–Kier alpha value is -3.59. The highest BCUT2D eigenvalue weighted by Crippen LogP contribution is 2.33. The topological polar surface area (TPSA) is 93.0 Å². The van der Waals surface area contributed by atoms with Crippen molar-refractivity contribution >= 4 is 35.0 Å². The van der Waals surface area contributed by atoms with Gasteiger partial charge in [-0.05, 0) is 44.0 Å². The first-order chi connectivity index (χ1) is 17.0. The molecule has 35 heavy (non-hydrogen) atoms. The lowest BCUT2D eigenvalue weighted by molar-refractivity contribution is 0.0800. The number of ether oxygens (including phenoxy) is 1. The minimum absolute atomic E-state index is 0.0556. The van der Waals surface area contributed by atoms with E-state index in [9.17, 15) is 9.90 Å². The molecular formula is C26H32N6O3. The van der Waals surface area contributed by atoms with Gasteiger partial charge in [0.1, 0.15) is 17.6 Å². The van der Waals surface area contributed by atoms with Crippen molar-refractivity contribution in [1.29, 1.82) is 0 Å². The number of amidine groups is 1. The van der Waals surface area contributed by atoms with Crippen molar-refractivity contribution in [3.63, 3.8) is 0 Å². The van der Waals surface area contributed by atoms with Crippen molar-refractivity contribution in [1.82, 2.24) is 4.90 Å². The van der Waals surface area contributed by atoms with Crippen molar-refractivity contribution in [3.8, 4) is 5.75 Å². The Morgan fingerprint density at radius 3 is 2.69 bits per heavy atom. The van der Waals surface area contributed by atoms with Gasteiger partial charge in [-0.15, -0.1) is 0 Å². The number of amides is 1. The van der Waals surface area contributed by atoms with Crippen LogP contribution in [-0.2, 0) is 0 Å². The van der Waals surface area contributed by atoms with E-state index in [0.29, 0.717) is 12.2 Å². The summed E-state index contributed by atoms with van der Waals surface area (Å²) in [6.45, 7) is 4.14. The number of aliphatic hydroxyl groups excluding tert-OH is 1. The average molecular weight is 477 g/mol. The molecule has 1 saturated heterocycles. The molecule has 0 aromatic heterocycles.